The van der Waals surface area contributed by atoms with Crippen LogP contribution in [0.5, 0.6) is 0 Å². The molecule has 0 bridgehead atoms. The van der Waals surface area contributed by atoms with E-state index in [1.54, 1.807) is 22.8 Å². The number of halogens is 2. The minimum Gasteiger partial charge on any atom is -0.376 e. The third kappa shape index (κ3) is 3.91. The number of benzene rings is 1. The number of hydrogen-bond acceptors (Lipinski definition) is 4. The lowest BCUT2D eigenvalue weighted by molar-refractivity contribution is 0.0937. The van der Waals surface area contributed by atoms with Crippen molar-refractivity contribution >= 4 is 45.9 Å². The van der Waals surface area contributed by atoms with Gasteiger partial charge in [-0.15, -0.1) is 0 Å². The van der Waals surface area contributed by atoms with Gasteiger partial charge in [-0.3, -0.25) is 9.36 Å². The Hall–Kier alpha value is -1.01. The first-order valence-corrected chi connectivity index (χ1v) is 9.06. The van der Waals surface area contributed by atoms with E-state index in [1.165, 1.54) is 11.8 Å². The highest BCUT2D eigenvalue weighted by molar-refractivity contribution is 7.99. The van der Waals surface area contributed by atoms with Gasteiger partial charge in [-0.05, 0) is 31.0 Å². The van der Waals surface area contributed by atoms with E-state index >= 15 is 0 Å². The highest BCUT2D eigenvalue weighted by atomic mass is 35.5. The fourth-order valence-electron chi connectivity index (χ4n) is 2.58. The Morgan fingerprint density at radius 1 is 1.52 bits per heavy atom. The van der Waals surface area contributed by atoms with E-state index < -0.39 is 0 Å². The molecule has 1 fully saturated rings. The molecule has 3 rings (SSSR count). The fourth-order valence-corrected chi connectivity index (χ4v) is 3.67. The summed E-state index contributed by atoms with van der Waals surface area (Å²) in [6.45, 7) is 4.93. The van der Waals surface area contributed by atoms with Gasteiger partial charge in [0.15, 0.2) is 5.16 Å². The van der Waals surface area contributed by atoms with Crippen molar-refractivity contribution < 1.29 is 4.74 Å². The van der Waals surface area contributed by atoms with Crippen molar-refractivity contribution in [3.63, 3.8) is 0 Å². The third-order valence-electron chi connectivity index (χ3n) is 3.65. The van der Waals surface area contributed by atoms with Crippen molar-refractivity contribution in [3.8, 4) is 0 Å². The summed E-state index contributed by atoms with van der Waals surface area (Å²) in [5, 5.41) is 2.24. The molecule has 1 saturated heterocycles. The zero-order valence-corrected chi connectivity index (χ0v) is 14.8. The summed E-state index contributed by atoms with van der Waals surface area (Å²) in [4.78, 5) is 17.4. The molecule has 0 saturated carbocycles. The van der Waals surface area contributed by atoms with E-state index in [-0.39, 0.29) is 11.7 Å². The standard InChI is InChI=1S/C16H16Cl2N2O2S/c1-10(17)9-23-16-19-14-7-11(18)4-5-13(14)15(21)20(16)8-12-3-2-6-22-12/h4-5,7,12H,1-3,6,8-9H2/t12-/m1/s1. The van der Waals surface area contributed by atoms with Crippen LogP contribution in [0.25, 0.3) is 10.9 Å². The molecule has 4 nitrogen and oxygen atoms in total. The topological polar surface area (TPSA) is 44.1 Å². The fraction of sp³-hybridized carbons (Fsp3) is 0.375. The van der Waals surface area contributed by atoms with Gasteiger partial charge in [0.25, 0.3) is 5.56 Å². The van der Waals surface area contributed by atoms with Crippen LogP contribution in [0.4, 0.5) is 0 Å². The van der Waals surface area contributed by atoms with Gasteiger partial charge < -0.3 is 4.74 Å². The Bertz CT molecular complexity index is 801. The lowest BCUT2D eigenvalue weighted by Crippen LogP contribution is -2.28. The first-order valence-electron chi connectivity index (χ1n) is 7.32. The molecule has 0 amide bonds. The van der Waals surface area contributed by atoms with Gasteiger partial charge in [0.2, 0.25) is 0 Å². The third-order valence-corrected chi connectivity index (χ3v) is 5.24. The van der Waals surface area contributed by atoms with Gasteiger partial charge in [0, 0.05) is 22.4 Å². The summed E-state index contributed by atoms with van der Waals surface area (Å²) < 4.78 is 7.34. The number of aromatic nitrogens is 2. The summed E-state index contributed by atoms with van der Waals surface area (Å²) in [6.07, 6.45) is 2.03. The Balaban J connectivity index is 2.06. The second-order valence-corrected chi connectivity index (χ2v) is 7.33. The number of rotatable bonds is 5. The monoisotopic (exact) mass is 370 g/mol. The highest BCUT2D eigenvalue weighted by Crippen LogP contribution is 2.24. The molecule has 122 valence electrons. The average Bonchev–Trinajstić information content (AvgIpc) is 3.01. The van der Waals surface area contributed by atoms with Gasteiger partial charge in [-0.1, -0.05) is 41.5 Å². The lowest BCUT2D eigenvalue weighted by Gasteiger charge is -2.16. The molecular weight excluding hydrogens is 355 g/mol. The molecule has 0 spiro atoms. The number of nitrogens with zero attached hydrogens (tertiary/aromatic N) is 2. The molecular formula is C16H16Cl2N2O2S. The van der Waals surface area contributed by atoms with Crippen LogP contribution in [-0.2, 0) is 11.3 Å². The number of hydrogen-bond donors (Lipinski definition) is 0. The average molecular weight is 371 g/mol. The van der Waals surface area contributed by atoms with E-state index in [1.807, 2.05) is 0 Å². The molecule has 23 heavy (non-hydrogen) atoms. The van der Waals surface area contributed by atoms with Gasteiger partial charge in [-0.25, -0.2) is 4.98 Å². The minimum atomic E-state index is -0.0788. The Morgan fingerprint density at radius 2 is 2.35 bits per heavy atom. The maximum atomic E-state index is 12.8. The van der Waals surface area contributed by atoms with Gasteiger partial charge in [0.1, 0.15) is 0 Å². The van der Waals surface area contributed by atoms with Crippen molar-refractivity contribution in [1.29, 1.82) is 0 Å². The molecule has 2 aromatic rings. The van der Waals surface area contributed by atoms with E-state index in [0.29, 0.717) is 38.4 Å². The molecule has 0 unspecified atom stereocenters. The van der Waals surface area contributed by atoms with E-state index in [4.69, 9.17) is 27.9 Å². The second-order valence-electron chi connectivity index (χ2n) is 5.41. The van der Waals surface area contributed by atoms with Gasteiger partial charge in [-0.2, -0.15) is 0 Å². The predicted molar refractivity (Wildman–Crippen MR) is 95.7 cm³/mol. The summed E-state index contributed by atoms with van der Waals surface area (Å²) >= 11 is 13.3. The predicted octanol–water partition coefficient (Wildman–Crippen LogP) is 4.07. The van der Waals surface area contributed by atoms with Crippen molar-refractivity contribution in [2.45, 2.75) is 30.6 Å². The summed E-state index contributed by atoms with van der Waals surface area (Å²) in [7, 11) is 0. The number of thioether (sulfide) groups is 1. The molecule has 1 aromatic carbocycles. The summed E-state index contributed by atoms with van der Waals surface area (Å²) in [5.74, 6) is 0.492. The number of ether oxygens (including phenoxy) is 1. The van der Waals surface area contributed by atoms with Crippen LogP contribution in [0.1, 0.15) is 12.8 Å². The van der Waals surface area contributed by atoms with E-state index in [2.05, 4.69) is 11.6 Å². The minimum absolute atomic E-state index is 0.0535. The number of fused-ring (bicyclic) bond motifs is 1. The SMILES string of the molecule is C=C(Cl)CSc1nc2cc(Cl)ccc2c(=O)n1C[C@H]1CCCO1. The largest absolute Gasteiger partial charge is 0.376 e. The summed E-state index contributed by atoms with van der Waals surface area (Å²) in [5.41, 5.74) is 0.513. The van der Waals surface area contributed by atoms with Crippen LogP contribution in [0, 0.1) is 0 Å². The first kappa shape index (κ1) is 16.8. The van der Waals surface area contributed by atoms with Crippen molar-refractivity contribution in [2.75, 3.05) is 12.4 Å². The van der Waals surface area contributed by atoms with Crippen LogP contribution in [0.15, 0.2) is 39.8 Å². The van der Waals surface area contributed by atoms with Crippen LogP contribution in [-0.4, -0.2) is 28.0 Å². The van der Waals surface area contributed by atoms with Crippen LogP contribution >= 0.6 is 35.0 Å². The molecule has 1 aromatic heterocycles. The highest BCUT2D eigenvalue weighted by Gasteiger charge is 2.20. The molecule has 0 aliphatic carbocycles. The Morgan fingerprint density at radius 3 is 3.04 bits per heavy atom. The molecule has 1 aliphatic rings. The normalized spacial score (nSPS) is 17.7. The molecule has 0 N–H and O–H groups in total. The quantitative estimate of drug-likeness (QED) is 0.587. The molecule has 2 heterocycles. The zero-order chi connectivity index (χ0) is 16.4. The van der Waals surface area contributed by atoms with Gasteiger partial charge >= 0.3 is 0 Å². The second kappa shape index (κ2) is 7.26. The Labute approximate surface area is 148 Å². The van der Waals surface area contributed by atoms with Crippen molar-refractivity contribution in [3.05, 3.63) is 45.2 Å². The Kier molecular flexibility index (Phi) is 5.31. The van der Waals surface area contributed by atoms with E-state index in [0.717, 1.165) is 19.4 Å². The lowest BCUT2D eigenvalue weighted by atomic mass is 10.2. The van der Waals surface area contributed by atoms with Crippen molar-refractivity contribution in [1.82, 2.24) is 9.55 Å². The smallest absolute Gasteiger partial charge is 0.262 e. The zero-order valence-electron chi connectivity index (χ0n) is 12.4. The van der Waals surface area contributed by atoms with E-state index in [9.17, 15) is 4.79 Å². The molecule has 0 radical (unpaired) electrons. The van der Waals surface area contributed by atoms with Gasteiger partial charge in [0.05, 0.1) is 23.6 Å². The molecule has 7 heteroatoms. The first-order chi connectivity index (χ1) is 11.0. The van der Waals surface area contributed by atoms with Crippen LogP contribution in [0.3, 0.4) is 0 Å². The maximum Gasteiger partial charge on any atom is 0.262 e. The van der Waals surface area contributed by atoms with Crippen LogP contribution < -0.4 is 5.56 Å². The van der Waals surface area contributed by atoms with Crippen LogP contribution in [0.2, 0.25) is 5.02 Å². The summed E-state index contributed by atoms with van der Waals surface area (Å²) in [6, 6.07) is 5.12. The molecule has 1 atom stereocenters. The maximum absolute atomic E-state index is 12.8. The molecule has 1 aliphatic heterocycles. The van der Waals surface area contributed by atoms with Crippen molar-refractivity contribution in [2.24, 2.45) is 0 Å².